The number of nitrogens with one attached hydrogen (secondary N) is 2. The number of aliphatic carboxylic acids is 1. The number of carboxylic acids is 1. The number of carboxylic acid groups (broad SMARTS) is 1. The molecule has 1 saturated carbocycles. The second kappa shape index (κ2) is 9.87. The van der Waals surface area contributed by atoms with Crippen molar-refractivity contribution < 1.29 is 24.3 Å². The van der Waals surface area contributed by atoms with Crippen LogP contribution in [0.2, 0.25) is 0 Å². The van der Waals surface area contributed by atoms with Gasteiger partial charge in [0.05, 0.1) is 18.0 Å². The number of aromatic nitrogens is 4. The number of rotatable bonds is 9. The highest BCUT2D eigenvalue weighted by Gasteiger charge is 2.61. The largest absolute Gasteiger partial charge is 0.477 e. The molecule has 0 radical (unpaired) electrons. The summed E-state index contributed by atoms with van der Waals surface area (Å²) < 4.78 is 1.35. The van der Waals surface area contributed by atoms with Crippen LogP contribution in [0.3, 0.4) is 0 Å². The van der Waals surface area contributed by atoms with Crippen molar-refractivity contribution in [1.82, 2.24) is 40.6 Å². The Balaban J connectivity index is 0.989. The van der Waals surface area contributed by atoms with Crippen molar-refractivity contribution in [3.8, 4) is 0 Å². The number of thioether (sulfide) groups is 1. The molecular formula is C27H36N8O5S. The van der Waals surface area contributed by atoms with Crippen molar-refractivity contribution in [3.63, 3.8) is 0 Å². The fourth-order valence-electron chi connectivity index (χ4n) is 8.58. The summed E-state index contributed by atoms with van der Waals surface area (Å²) in [4.78, 5) is 55.9. The first-order valence-corrected chi connectivity index (χ1v) is 15.5. The average molecular weight is 585 g/mol. The molecule has 5 fully saturated rings. The number of hydrogen-bond donors (Lipinski definition) is 3. The SMILES string of the molecule is C[C@@H](CC(=O)Cn1cnnn1)[C@H]1C(=O)N2C(C(=O)O)=C(S[C@@H]3CN[C@H](C(=O)N4CC5C[C@@H]6C[C@]5(CN6)C4)C3)[C@H](C)[C@H]12. The number of carbonyl (C=O) groups excluding carboxylic acids is 3. The summed E-state index contributed by atoms with van der Waals surface area (Å²) in [6, 6.07) is 0.0628. The molecule has 5 aliphatic heterocycles. The molecule has 1 spiro atoms. The van der Waals surface area contributed by atoms with E-state index in [-0.39, 0.29) is 70.8 Å². The lowest BCUT2D eigenvalue weighted by molar-refractivity contribution is -0.160. The van der Waals surface area contributed by atoms with Crippen LogP contribution in [0.25, 0.3) is 0 Å². The van der Waals surface area contributed by atoms with E-state index in [4.69, 9.17) is 0 Å². The third-order valence-corrected chi connectivity index (χ3v) is 12.0. The molecule has 4 saturated heterocycles. The molecule has 2 amide bonds. The van der Waals surface area contributed by atoms with Gasteiger partial charge in [-0.1, -0.05) is 13.8 Å². The predicted octanol–water partition coefficient (Wildman–Crippen LogP) is -0.285. The number of ketones is 1. The minimum atomic E-state index is -1.11. The van der Waals surface area contributed by atoms with Crippen molar-refractivity contribution in [3.05, 3.63) is 16.9 Å². The van der Waals surface area contributed by atoms with Crippen molar-refractivity contribution in [2.45, 2.75) is 69.5 Å². The maximum absolute atomic E-state index is 13.5. The zero-order chi connectivity index (χ0) is 28.6. The first kappa shape index (κ1) is 27.0. The Morgan fingerprint density at radius 3 is 2.80 bits per heavy atom. The van der Waals surface area contributed by atoms with Gasteiger partial charge in [-0.15, -0.1) is 16.9 Å². The topological polar surface area (TPSA) is 163 Å². The normalized spacial score (nSPS) is 37.9. The number of β-lactam (4-membered cyclic amide) rings is 1. The number of piperidine rings is 1. The molecule has 6 heterocycles. The predicted molar refractivity (Wildman–Crippen MR) is 146 cm³/mol. The van der Waals surface area contributed by atoms with Gasteiger partial charge < -0.3 is 25.5 Å². The fraction of sp³-hybridized carbons (Fsp3) is 0.741. The molecule has 9 atom stereocenters. The lowest BCUT2D eigenvalue weighted by Crippen LogP contribution is -2.62. The molecule has 3 N–H and O–H groups in total. The Morgan fingerprint density at radius 1 is 1.27 bits per heavy atom. The molecule has 7 rings (SSSR count). The van der Waals surface area contributed by atoms with E-state index in [9.17, 15) is 24.3 Å². The summed E-state index contributed by atoms with van der Waals surface area (Å²) in [6.07, 6.45) is 4.52. The second-order valence-corrected chi connectivity index (χ2v) is 14.3. The van der Waals surface area contributed by atoms with Crippen molar-refractivity contribution in [1.29, 1.82) is 0 Å². The summed E-state index contributed by atoms with van der Waals surface area (Å²) >= 11 is 1.50. The monoisotopic (exact) mass is 584 g/mol. The second-order valence-electron chi connectivity index (χ2n) is 13.0. The quantitative estimate of drug-likeness (QED) is 0.327. The van der Waals surface area contributed by atoms with E-state index in [0.29, 0.717) is 29.8 Å². The number of carbonyl (C=O) groups is 4. The molecule has 1 aliphatic carbocycles. The minimum Gasteiger partial charge on any atom is -0.477 e. The highest BCUT2D eigenvalue weighted by molar-refractivity contribution is 8.03. The summed E-state index contributed by atoms with van der Waals surface area (Å²) in [7, 11) is 0. The number of hydrogen-bond acceptors (Lipinski definition) is 10. The van der Waals surface area contributed by atoms with Gasteiger partial charge >= 0.3 is 5.97 Å². The van der Waals surface area contributed by atoms with Crippen LogP contribution in [0.4, 0.5) is 0 Å². The van der Waals surface area contributed by atoms with Crippen LogP contribution >= 0.6 is 11.8 Å². The maximum atomic E-state index is 13.5. The number of Topliss-reactive ketones (excluding diaryl/α,β-unsaturated/α-hetero) is 1. The van der Waals surface area contributed by atoms with Gasteiger partial charge in [-0.05, 0) is 41.5 Å². The highest BCUT2D eigenvalue weighted by atomic mass is 32.2. The van der Waals surface area contributed by atoms with E-state index in [0.717, 1.165) is 26.1 Å². The molecule has 2 bridgehead atoms. The van der Waals surface area contributed by atoms with Gasteiger partial charge in [-0.25, -0.2) is 9.48 Å². The third kappa shape index (κ3) is 4.32. The minimum absolute atomic E-state index is 0.0347. The van der Waals surface area contributed by atoms with E-state index in [1.54, 1.807) is 0 Å². The van der Waals surface area contributed by atoms with Crippen molar-refractivity contribution >= 4 is 35.3 Å². The van der Waals surface area contributed by atoms with Crippen molar-refractivity contribution in [2.24, 2.45) is 29.1 Å². The van der Waals surface area contributed by atoms with Crippen LogP contribution in [-0.2, 0) is 25.7 Å². The fourth-order valence-corrected chi connectivity index (χ4v) is 10.1. The van der Waals surface area contributed by atoms with Gasteiger partial charge in [0.1, 0.15) is 18.6 Å². The van der Waals surface area contributed by atoms with Crippen LogP contribution in [0, 0.1) is 29.1 Å². The molecule has 1 unspecified atom stereocenters. The molecule has 1 aromatic rings. The average Bonchev–Trinajstić information content (AvgIpc) is 3.75. The molecule has 14 heteroatoms. The summed E-state index contributed by atoms with van der Waals surface area (Å²) in [6.45, 7) is 7.18. The standard InChI is InChI=1S/C27H36N8O5S/c1-13(3-17(36)9-34-12-30-31-32-34)20-21-14(2)23(22(26(39)40)35(21)25(20)38)41-18-5-19(28-7-18)24(37)33-8-15-4-16-6-27(15,11-33)10-29-16/h12-16,18-21,28-29H,3-11H2,1-2H3,(H,39,40)/t13-,14+,15?,16+,18-,19-,20+,21+,27-/m0/s1. The molecule has 41 heavy (non-hydrogen) atoms. The lowest BCUT2D eigenvalue weighted by atomic mass is 9.73. The number of likely N-dealkylation sites (tertiary alicyclic amines) is 1. The number of nitrogens with zero attached hydrogens (tertiary/aromatic N) is 6. The van der Waals surface area contributed by atoms with Crippen LogP contribution < -0.4 is 10.6 Å². The van der Waals surface area contributed by atoms with E-state index in [2.05, 4.69) is 31.1 Å². The van der Waals surface area contributed by atoms with E-state index < -0.39 is 11.9 Å². The molecular weight excluding hydrogens is 548 g/mol. The van der Waals surface area contributed by atoms with Crippen LogP contribution in [0.1, 0.15) is 39.5 Å². The Kier molecular flexibility index (Phi) is 6.51. The summed E-state index contributed by atoms with van der Waals surface area (Å²) in [5, 5.41) is 28.0. The number of tetrazole rings is 1. The van der Waals surface area contributed by atoms with Gasteiger partial charge in [0.2, 0.25) is 11.8 Å². The van der Waals surface area contributed by atoms with Gasteiger partial charge in [0.15, 0.2) is 5.78 Å². The van der Waals surface area contributed by atoms with Crippen LogP contribution in [0.5, 0.6) is 0 Å². The smallest absolute Gasteiger partial charge is 0.353 e. The van der Waals surface area contributed by atoms with Gasteiger partial charge in [0.25, 0.3) is 0 Å². The molecule has 0 aromatic carbocycles. The molecule has 6 aliphatic rings. The Hall–Kier alpha value is -2.84. The molecule has 13 nitrogen and oxygen atoms in total. The maximum Gasteiger partial charge on any atom is 0.353 e. The van der Waals surface area contributed by atoms with Crippen LogP contribution in [-0.4, -0.2) is 108 Å². The zero-order valence-corrected chi connectivity index (χ0v) is 24.0. The number of amides is 2. The van der Waals surface area contributed by atoms with Crippen LogP contribution in [0.15, 0.2) is 16.9 Å². The first-order chi connectivity index (χ1) is 19.6. The lowest BCUT2D eigenvalue weighted by Gasteiger charge is -2.47. The van der Waals surface area contributed by atoms with E-state index in [1.807, 2.05) is 13.8 Å². The van der Waals surface area contributed by atoms with Crippen molar-refractivity contribution in [2.75, 3.05) is 26.2 Å². The zero-order valence-electron chi connectivity index (χ0n) is 23.2. The highest BCUT2D eigenvalue weighted by Crippen LogP contribution is 2.54. The summed E-state index contributed by atoms with van der Waals surface area (Å²) in [5.74, 6) is -1.51. The van der Waals surface area contributed by atoms with Gasteiger partial charge in [0, 0.05) is 60.1 Å². The molecule has 220 valence electrons. The summed E-state index contributed by atoms with van der Waals surface area (Å²) in [5.41, 5.74) is 0.310. The van der Waals surface area contributed by atoms with Gasteiger partial charge in [-0.2, -0.15) is 0 Å². The first-order valence-electron chi connectivity index (χ1n) is 14.6. The Morgan fingerprint density at radius 2 is 2.10 bits per heavy atom. The Bertz CT molecular complexity index is 1320. The number of fused-ring (bicyclic) bond motifs is 2. The molecule has 1 aromatic heterocycles. The van der Waals surface area contributed by atoms with Gasteiger partial charge in [-0.3, -0.25) is 14.4 Å². The van der Waals surface area contributed by atoms with E-state index in [1.165, 1.54) is 34.1 Å². The Labute approximate surface area is 241 Å². The van der Waals surface area contributed by atoms with E-state index >= 15 is 0 Å². The third-order valence-electron chi connectivity index (χ3n) is 10.5.